The summed E-state index contributed by atoms with van der Waals surface area (Å²) in [7, 11) is 1.70. The van der Waals surface area contributed by atoms with Crippen LogP contribution in [0.2, 0.25) is 0 Å². The second-order valence-corrected chi connectivity index (χ2v) is 11.0. The van der Waals surface area contributed by atoms with Gasteiger partial charge in [0.1, 0.15) is 0 Å². The van der Waals surface area contributed by atoms with E-state index in [1.54, 1.807) is 7.11 Å². The van der Waals surface area contributed by atoms with Crippen molar-refractivity contribution in [2.24, 2.45) is 23.7 Å². The van der Waals surface area contributed by atoms with Crippen LogP contribution in [0.25, 0.3) is 0 Å². The van der Waals surface area contributed by atoms with Crippen LogP contribution in [0.15, 0.2) is 0 Å². The van der Waals surface area contributed by atoms with Crippen molar-refractivity contribution in [3.8, 4) is 0 Å². The fraction of sp³-hybridized carbons (Fsp3) is 1.00. The van der Waals surface area contributed by atoms with Gasteiger partial charge in [-0.25, -0.2) is 0 Å². The molecular formula is C32H78O2. The van der Waals surface area contributed by atoms with Crippen molar-refractivity contribution in [3.05, 3.63) is 0 Å². The maximum Gasteiger partial charge on any atom is 0.0518 e. The minimum Gasteiger partial charge on any atom is -0.382 e. The number of rotatable bonds is 9. The summed E-state index contributed by atoms with van der Waals surface area (Å²) < 4.78 is 9.79. The number of methoxy groups -OCH3 is 1. The van der Waals surface area contributed by atoms with E-state index >= 15 is 0 Å². The van der Waals surface area contributed by atoms with Gasteiger partial charge in [-0.2, -0.15) is 0 Å². The second kappa shape index (κ2) is 46.3. The zero-order valence-electron chi connectivity index (χ0n) is 27.2. The molecule has 0 aromatic rings. The molecule has 0 unspecified atom stereocenters. The van der Waals surface area contributed by atoms with Crippen molar-refractivity contribution in [3.63, 3.8) is 0 Å². The zero-order chi connectivity index (χ0) is 27.8. The lowest BCUT2D eigenvalue weighted by atomic mass is 10.1. The number of hydrogen-bond donors (Lipinski definition) is 0. The molecule has 0 radical (unpaired) electrons. The van der Waals surface area contributed by atoms with Gasteiger partial charge in [-0.1, -0.05) is 129 Å². The van der Waals surface area contributed by atoms with Gasteiger partial charge in [-0.15, -0.1) is 0 Å². The normalized spacial score (nSPS) is 9.53. The third kappa shape index (κ3) is 157. The molecule has 0 spiro atoms. The molecule has 0 saturated carbocycles. The molecule has 0 bridgehead atoms. The van der Waals surface area contributed by atoms with Crippen molar-refractivity contribution in [2.45, 2.75) is 176 Å². The van der Waals surface area contributed by atoms with Crippen LogP contribution in [0.5, 0.6) is 0 Å². The zero-order valence-corrected chi connectivity index (χ0v) is 27.2. The summed E-state index contributed by atoms with van der Waals surface area (Å²) in [6.07, 6.45) is 8.94. The third-order valence-corrected chi connectivity index (χ3v) is 3.79. The Balaban J connectivity index is -0.0000000516. The molecule has 0 atom stereocenters. The molecule has 0 aliphatic rings. The van der Waals surface area contributed by atoms with Gasteiger partial charge in [0.05, 0.1) is 12.2 Å². The van der Waals surface area contributed by atoms with Crippen molar-refractivity contribution in [2.75, 3.05) is 13.7 Å². The largest absolute Gasteiger partial charge is 0.382 e. The molecule has 218 valence electrons. The van der Waals surface area contributed by atoms with Crippen LogP contribution in [0.1, 0.15) is 164 Å². The van der Waals surface area contributed by atoms with E-state index in [-0.39, 0.29) is 7.43 Å². The van der Waals surface area contributed by atoms with Gasteiger partial charge in [0.25, 0.3) is 0 Å². The molecule has 0 N–H and O–H groups in total. The predicted octanol–water partition coefficient (Wildman–Crippen LogP) is 12.1. The standard InChI is InChI=1S/C7H16.C6H14.C5H12O.C5H12.C4H10O.C4H10.CH4/c1-4-5-6-7(2)3;1-4-5-6(2)3;1-4-6-5(2)3;1-4-5(2)3;1-4(2)5-3;1-4(2)3;/h7H,4-6H2,1-3H3;6H,4-5H2,1-3H3;5H,4H2,1-3H3;5H,4H2,1-3H3;4H,1-3H3;4H,1-3H3;1H4. The van der Waals surface area contributed by atoms with Crippen LogP contribution in [-0.2, 0) is 9.47 Å². The van der Waals surface area contributed by atoms with E-state index in [2.05, 4.69) is 83.1 Å². The molecule has 0 aliphatic carbocycles. The van der Waals surface area contributed by atoms with Gasteiger partial charge in [0.15, 0.2) is 0 Å². The minimum absolute atomic E-state index is 0. The van der Waals surface area contributed by atoms with Crippen molar-refractivity contribution in [1.29, 1.82) is 0 Å². The molecule has 0 rings (SSSR count). The van der Waals surface area contributed by atoms with E-state index in [4.69, 9.17) is 9.47 Å². The Bertz CT molecular complexity index is 235. The Morgan fingerprint density at radius 2 is 0.853 bits per heavy atom. The van der Waals surface area contributed by atoms with Gasteiger partial charge in [0, 0.05) is 13.7 Å². The number of hydrogen-bond acceptors (Lipinski definition) is 2. The van der Waals surface area contributed by atoms with E-state index in [0.717, 1.165) is 30.3 Å². The molecule has 0 fully saturated rings. The summed E-state index contributed by atoms with van der Waals surface area (Å²) in [5, 5.41) is 0. The van der Waals surface area contributed by atoms with Gasteiger partial charge in [0.2, 0.25) is 0 Å². The van der Waals surface area contributed by atoms with Crippen molar-refractivity contribution >= 4 is 0 Å². The summed E-state index contributed by atoms with van der Waals surface area (Å²) in [4.78, 5) is 0. The van der Waals surface area contributed by atoms with E-state index in [0.29, 0.717) is 12.2 Å². The van der Waals surface area contributed by atoms with Crippen LogP contribution >= 0.6 is 0 Å². The van der Waals surface area contributed by atoms with Crippen molar-refractivity contribution < 1.29 is 9.47 Å². The summed E-state index contributed by atoms with van der Waals surface area (Å²) in [6.45, 7) is 37.6. The van der Waals surface area contributed by atoms with E-state index in [9.17, 15) is 0 Å². The molecule has 0 aromatic heterocycles. The highest BCUT2D eigenvalue weighted by Crippen LogP contribution is 2.04. The molecule has 2 heteroatoms. The maximum atomic E-state index is 5.04. The van der Waals surface area contributed by atoms with Crippen LogP contribution in [0.3, 0.4) is 0 Å². The highest BCUT2D eigenvalue weighted by atomic mass is 16.5. The molecule has 2 nitrogen and oxygen atoms in total. The monoisotopic (exact) mass is 495 g/mol. The summed E-state index contributed by atoms with van der Waals surface area (Å²) in [5.74, 6) is 3.52. The molecule has 0 saturated heterocycles. The molecular weight excluding hydrogens is 416 g/mol. The molecule has 0 amide bonds. The fourth-order valence-electron chi connectivity index (χ4n) is 1.52. The topological polar surface area (TPSA) is 18.5 Å². The fourth-order valence-corrected chi connectivity index (χ4v) is 1.52. The number of ether oxygens (including phenoxy) is 2. The molecule has 0 aliphatic heterocycles. The average Bonchev–Trinajstić information content (AvgIpc) is 2.67. The smallest absolute Gasteiger partial charge is 0.0518 e. The summed E-state index contributed by atoms with van der Waals surface area (Å²) in [6, 6.07) is 0. The van der Waals surface area contributed by atoms with Crippen LogP contribution in [-0.4, -0.2) is 25.9 Å². The average molecular weight is 495 g/mol. The Labute approximate surface area is 222 Å². The first-order valence-electron chi connectivity index (χ1n) is 14.2. The summed E-state index contributed by atoms with van der Waals surface area (Å²) >= 11 is 0. The first-order chi connectivity index (χ1) is 15.1. The minimum atomic E-state index is 0. The maximum absolute atomic E-state index is 5.04. The van der Waals surface area contributed by atoms with Crippen LogP contribution in [0, 0.1) is 23.7 Å². The first-order valence-corrected chi connectivity index (χ1v) is 14.2. The van der Waals surface area contributed by atoms with Crippen molar-refractivity contribution in [1.82, 2.24) is 0 Å². The SMILES string of the molecule is C.CC(C)C.CCC(C)C.CCCC(C)C.CCCCC(C)C.CCOC(C)C.COC(C)C. The highest BCUT2D eigenvalue weighted by Gasteiger charge is 1.89. The van der Waals surface area contributed by atoms with Gasteiger partial charge >= 0.3 is 0 Å². The molecule has 34 heavy (non-hydrogen) atoms. The Hall–Kier alpha value is -0.0800. The lowest BCUT2D eigenvalue weighted by Gasteiger charge is -2.00. The Morgan fingerprint density at radius 3 is 0.882 bits per heavy atom. The van der Waals surface area contributed by atoms with E-state index < -0.39 is 0 Å². The van der Waals surface area contributed by atoms with Gasteiger partial charge in [-0.3, -0.25) is 0 Å². The van der Waals surface area contributed by atoms with Gasteiger partial charge < -0.3 is 9.47 Å². The van der Waals surface area contributed by atoms with Crippen LogP contribution in [0.4, 0.5) is 0 Å². The molecule has 0 aromatic carbocycles. The van der Waals surface area contributed by atoms with E-state index in [1.165, 1.54) is 38.5 Å². The number of unbranched alkanes of at least 4 members (excludes halogenated alkanes) is 1. The first kappa shape index (κ1) is 50.7. The quantitative estimate of drug-likeness (QED) is 0.317. The lowest BCUT2D eigenvalue weighted by molar-refractivity contribution is 0.0899. The Kier molecular flexibility index (Phi) is 69.1. The second-order valence-electron chi connectivity index (χ2n) is 11.0. The highest BCUT2D eigenvalue weighted by molar-refractivity contribution is 4.42. The van der Waals surface area contributed by atoms with Crippen LogP contribution < -0.4 is 0 Å². The third-order valence-electron chi connectivity index (χ3n) is 3.79. The lowest BCUT2D eigenvalue weighted by Crippen LogP contribution is -1.99. The van der Waals surface area contributed by atoms with Gasteiger partial charge in [-0.05, 0) is 58.3 Å². The van der Waals surface area contributed by atoms with E-state index in [1.807, 2.05) is 34.6 Å². The Morgan fingerprint density at radius 1 is 0.529 bits per heavy atom. The predicted molar refractivity (Wildman–Crippen MR) is 165 cm³/mol. The summed E-state index contributed by atoms with van der Waals surface area (Å²) in [5.41, 5.74) is 0. The molecule has 0 heterocycles.